The quantitative estimate of drug-likeness (QED) is 0.366. The van der Waals surface area contributed by atoms with Crippen LogP contribution in [0.1, 0.15) is 48.8 Å². The summed E-state index contributed by atoms with van der Waals surface area (Å²) < 4.78 is 25.4. The highest BCUT2D eigenvalue weighted by molar-refractivity contribution is 5.83. The number of carboxylic acid groups (broad SMARTS) is 1. The second-order valence-electron chi connectivity index (χ2n) is 10.6. The molecule has 3 aromatic rings. The smallest absolute Gasteiger partial charge is 0.308 e. The number of aromatic nitrogens is 1. The molecule has 5 rings (SSSR count). The van der Waals surface area contributed by atoms with E-state index in [1.54, 1.807) is 32.5 Å². The monoisotopic (exact) mass is 522 g/mol. The van der Waals surface area contributed by atoms with E-state index < -0.39 is 18.0 Å². The Bertz CT molecular complexity index is 1290. The maximum Gasteiger partial charge on any atom is 0.308 e. The molecule has 202 valence electrons. The topological polar surface area (TPSA) is 101 Å². The highest BCUT2D eigenvalue weighted by Gasteiger charge is 2.45. The Labute approximate surface area is 222 Å². The number of fused-ring (bicyclic) bond motifs is 1. The maximum absolute atomic E-state index is 14.7. The van der Waals surface area contributed by atoms with Crippen molar-refractivity contribution < 1.29 is 28.9 Å². The lowest BCUT2D eigenvalue weighted by molar-refractivity contribution is -0.146. The van der Waals surface area contributed by atoms with Crippen molar-refractivity contribution >= 4 is 16.9 Å². The molecule has 2 unspecified atom stereocenters. The minimum atomic E-state index is -0.810. The van der Waals surface area contributed by atoms with Gasteiger partial charge < -0.3 is 25.0 Å². The van der Waals surface area contributed by atoms with Crippen molar-refractivity contribution in [3.05, 3.63) is 65.6 Å². The van der Waals surface area contributed by atoms with E-state index in [4.69, 9.17) is 9.47 Å². The number of methoxy groups -OCH3 is 2. The first kappa shape index (κ1) is 26.4. The van der Waals surface area contributed by atoms with Gasteiger partial charge in [0.2, 0.25) is 0 Å². The number of hydrogen-bond donors (Lipinski definition) is 3. The van der Waals surface area contributed by atoms with E-state index >= 15 is 0 Å². The third kappa shape index (κ3) is 5.20. The summed E-state index contributed by atoms with van der Waals surface area (Å²) in [5.41, 5.74) is 2.17. The molecule has 3 N–H and O–H groups in total. The normalized spacial score (nSPS) is 24.8. The third-order valence-corrected chi connectivity index (χ3v) is 8.66. The van der Waals surface area contributed by atoms with Gasteiger partial charge in [-0.2, -0.15) is 0 Å². The standard InChI is InChI=1S/C30H35FN2O5/c1-37-19-3-5-27(31)24(13-19)18-11-17(12-18)23(21-7-9-32-16-26(21)30(35)36)15-29(34)22-8-10-33-28-6-4-20(38-2)14-25(22)28/h3-6,8,10,13-14,17-18,21,23,26,29,32,34H,7,9,11-12,15-16H2,1-2H3,(H,35,36)/t17?,18?,21?,23-,26?,29-/m1/s1. The molecule has 0 bridgehead atoms. The van der Waals surface area contributed by atoms with E-state index in [0.29, 0.717) is 30.0 Å². The predicted molar refractivity (Wildman–Crippen MR) is 142 cm³/mol. The van der Waals surface area contributed by atoms with Gasteiger partial charge in [-0.3, -0.25) is 9.78 Å². The highest BCUT2D eigenvalue weighted by Crippen LogP contribution is 2.52. The Balaban J connectivity index is 1.43. The van der Waals surface area contributed by atoms with Gasteiger partial charge in [-0.15, -0.1) is 0 Å². The van der Waals surface area contributed by atoms with Gasteiger partial charge in [0.25, 0.3) is 0 Å². The number of pyridine rings is 1. The van der Waals surface area contributed by atoms with Gasteiger partial charge in [0.05, 0.1) is 31.8 Å². The van der Waals surface area contributed by atoms with Crippen molar-refractivity contribution in [1.82, 2.24) is 10.3 Å². The zero-order chi connectivity index (χ0) is 26.8. The van der Waals surface area contributed by atoms with Crippen LogP contribution in [0.15, 0.2) is 48.7 Å². The fourth-order valence-corrected chi connectivity index (χ4v) is 6.55. The largest absolute Gasteiger partial charge is 0.497 e. The minimum absolute atomic E-state index is 0.0213. The van der Waals surface area contributed by atoms with Gasteiger partial charge in [0.15, 0.2) is 0 Å². The number of benzene rings is 2. The zero-order valence-corrected chi connectivity index (χ0v) is 21.8. The van der Waals surface area contributed by atoms with Gasteiger partial charge in [-0.25, -0.2) is 4.39 Å². The van der Waals surface area contributed by atoms with Gasteiger partial charge in [-0.05, 0) is 109 Å². The van der Waals surface area contributed by atoms with Crippen LogP contribution in [0, 0.1) is 29.5 Å². The lowest BCUT2D eigenvalue weighted by atomic mass is 9.59. The summed E-state index contributed by atoms with van der Waals surface area (Å²) in [5.74, 6) is -0.132. The molecule has 1 saturated carbocycles. The van der Waals surface area contributed by atoms with Crippen LogP contribution in [0.2, 0.25) is 0 Å². The zero-order valence-electron chi connectivity index (χ0n) is 21.8. The summed E-state index contributed by atoms with van der Waals surface area (Å²) >= 11 is 0. The summed E-state index contributed by atoms with van der Waals surface area (Å²) in [5, 5.41) is 25.6. The van der Waals surface area contributed by atoms with Gasteiger partial charge in [0, 0.05) is 18.1 Å². The molecular weight excluding hydrogens is 487 g/mol. The van der Waals surface area contributed by atoms with Gasteiger partial charge in [-0.1, -0.05) is 0 Å². The summed E-state index contributed by atoms with van der Waals surface area (Å²) in [6.45, 7) is 1.17. The Kier molecular flexibility index (Phi) is 7.81. The second-order valence-corrected chi connectivity index (χ2v) is 10.6. The number of ether oxygens (including phenoxy) is 2. The average Bonchev–Trinajstić information content (AvgIpc) is 2.91. The molecule has 2 aromatic carbocycles. The first-order chi connectivity index (χ1) is 18.4. The van der Waals surface area contributed by atoms with Crippen molar-refractivity contribution in [3.8, 4) is 11.5 Å². The van der Waals surface area contributed by atoms with Crippen molar-refractivity contribution in [2.75, 3.05) is 27.3 Å². The summed E-state index contributed by atoms with van der Waals surface area (Å²) in [4.78, 5) is 16.6. The van der Waals surface area contributed by atoms with Crippen LogP contribution >= 0.6 is 0 Å². The van der Waals surface area contributed by atoms with Gasteiger partial charge in [0.1, 0.15) is 17.3 Å². The van der Waals surface area contributed by atoms with E-state index in [9.17, 15) is 19.4 Å². The molecule has 7 nitrogen and oxygen atoms in total. The second kappa shape index (κ2) is 11.3. The first-order valence-corrected chi connectivity index (χ1v) is 13.3. The minimum Gasteiger partial charge on any atom is -0.497 e. The number of aliphatic hydroxyl groups is 1. The fourth-order valence-electron chi connectivity index (χ4n) is 6.55. The summed E-state index contributed by atoms with van der Waals surface area (Å²) in [7, 11) is 3.17. The molecule has 0 spiro atoms. The number of aliphatic carboxylic acids is 1. The number of piperidine rings is 1. The van der Waals surface area contributed by atoms with Crippen LogP contribution in [0.3, 0.4) is 0 Å². The Morgan fingerprint density at radius 1 is 1.13 bits per heavy atom. The maximum atomic E-state index is 14.7. The Morgan fingerprint density at radius 2 is 1.87 bits per heavy atom. The Morgan fingerprint density at radius 3 is 2.61 bits per heavy atom. The summed E-state index contributed by atoms with van der Waals surface area (Å²) in [6.07, 6.45) is 3.56. The highest BCUT2D eigenvalue weighted by atomic mass is 19.1. The molecule has 2 heterocycles. The van der Waals surface area contributed by atoms with Crippen molar-refractivity contribution in [3.63, 3.8) is 0 Å². The average molecular weight is 523 g/mol. The van der Waals surface area contributed by atoms with Crippen LogP contribution in [0.4, 0.5) is 4.39 Å². The number of rotatable bonds is 9. The van der Waals surface area contributed by atoms with Crippen molar-refractivity contribution in [2.45, 2.75) is 37.7 Å². The molecule has 1 aliphatic carbocycles. The molecule has 1 aromatic heterocycles. The molecule has 2 aliphatic rings. The summed E-state index contributed by atoms with van der Waals surface area (Å²) in [6, 6.07) is 12.2. The molecule has 8 heteroatoms. The molecule has 0 amide bonds. The molecular formula is C30H35FN2O5. The van der Waals surface area contributed by atoms with Crippen molar-refractivity contribution in [1.29, 1.82) is 0 Å². The fraction of sp³-hybridized carbons (Fsp3) is 0.467. The number of nitrogens with zero attached hydrogens (tertiary/aromatic N) is 1. The van der Waals surface area contributed by atoms with E-state index in [2.05, 4.69) is 10.3 Å². The number of carboxylic acids is 1. The van der Waals surface area contributed by atoms with E-state index in [1.807, 2.05) is 24.3 Å². The number of hydrogen-bond acceptors (Lipinski definition) is 6. The van der Waals surface area contributed by atoms with Crippen LogP contribution < -0.4 is 14.8 Å². The van der Waals surface area contributed by atoms with Crippen LogP contribution in [0.25, 0.3) is 10.9 Å². The number of halogens is 1. The van der Waals surface area contributed by atoms with E-state index in [0.717, 1.165) is 42.3 Å². The number of carbonyl (C=O) groups is 1. The molecule has 1 aliphatic heterocycles. The SMILES string of the molecule is COc1ccc(F)c(C2CC([C@@H](C[C@@H](O)c3ccnc4ccc(OC)cc34)C3CCNCC3C(=O)O)C2)c1. The van der Waals surface area contributed by atoms with E-state index in [-0.39, 0.29) is 29.5 Å². The third-order valence-electron chi connectivity index (χ3n) is 8.66. The lowest BCUT2D eigenvalue weighted by Gasteiger charge is -2.47. The number of nitrogens with one attached hydrogen (secondary N) is 1. The number of aliphatic hydroxyl groups excluding tert-OH is 1. The van der Waals surface area contributed by atoms with E-state index in [1.165, 1.54) is 6.07 Å². The lowest BCUT2D eigenvalue weighted by Crippen LogP contribution is -2.47. The first-order valence-electron chi connectivity index (χ1n) is 13.3. The van der Waals surface area contributed by atoms with Crippen molar-refractivity contribution in [2.24, 2.45) is 23.7 Å². The molecule has 0 radical (unpaired) electrons. The van der Waals surface area contributed by atoms with Crippen LogP contribution in [-0.4, -0.2) is 48.5 Å². The molecule has 4 atom stereocenters. The molecule has 2 fully saturated rings. The van der Waals surface area contributed by atoms with Crippen LogP contribution in [0.5, 0.6) is 11.5 Å². The predicted octanol–water partition coefficient (Wildman–Crippen LogP) is 4.93. The molecule has 1 saturated heterocycles. The molecule has 38 heavy (non-hydrogen) atoms. The van der Waals surface area contributed by atoms with Gasteiger partial charge >= 0.3 is 5.97 Å². The van der Waals surface area contributed by atoms with Crippen LogP contribution in [-0.2, 0) is 4.79 Å². The Hall–Kier alpha value is -3.23.